The first kappa shape index (κ1) is 13.1. The molecule has 0 aromatic rings. The molecule has 0 atom stereocenters. The van der Waals surface area contributed by atoms with E-state index >= 15 is 0 Å². The fourth-order valence-electron chi connectivity index (χ4n) is 1.50. The molecule has 0 unspecified atom stereocenters. The van der Waals surface area contributed by atoms with Gasteiger partial charge in [0.05, 0.1) is 0 Å². The molecule has 4 heteroatoms. The fraction of sp³-hybridized carbons (Fsp3) is 1.00. The monoisotopic (exact) mass is 203 g/mol. The molecule has 0 aliphatic heterocycles. The van der Waals surface area contributed by atoms with Crippen LogP contribution in [0.2, 0.25) is 0 Å². The Labute approximate surface area is 85.1 Å². The summed E-state index contributed by atoms with van der Waals surface area (Å²) in [7, 11) is 7.90. The normalized spacial score (nSPS) is 12.5. The summed E-state index contributed by atoms with van der Waals surface area (Å²) in [5.41, 5.74) is 0. The van der Waals surface area contributed by atoms with Gasteiger partial charge in [0.1, 0.15) is 0 Å². The molecule has 13 heavy (non-hydrogen) atoms. The quantitative estimate of drug-likeness (QED) is 0.572. The summed E-state index contributed by atoms with van der Waals surface area (Å²) in [6.07, 6.45) is 1.26. The molecule has 3 nitrogen and oxygen atoms in total. The molecule has 0 saturated heterocycles. The largest absolute Gasteiger partial charge is 0.319 e. The second kappa shape index (κ2) is 6.54. The molecule has 0 aromatic carbocycles. The smallest absolute Gasteiger partial charge is 0.203 e. The minimum absolute atomic E-state index is 0.881. The molecular weight excluding hydrogens is 178 g/mol. The van der Waals surface area contributed by atoms with Crippen molar-refractivity contribution in [3.8, 4) is 0 Å². The maximum absolute atomic E-state index is 2.51. The molecule has 0 radical (unpaired) electrons. The molecule has 0 aromatic heterocycles. The van der Waals surface area contributed by atoms with Gasteiger partial charge in [0.25, 0.3) is 0 Å². The van der Waals surface area contributed by atoms with Crippen LogP contribution < -0.4 is 0 Å². The van der Waals surface area contributed by atoms with E-state index in [0.29, 0.717) is 0 Å². The van der Waals surface area contributed by atoms with Crippen LogP contribution in [0, 0.1) is 0 Å². The Morgan fingerprint density at radius 1 is 0.846 bits per heavy atom. The summed E-state index contributed by atoms with van der Waals surface area (Å²) in [5.74, 6) is 0. The Kier molecular flexibility index (Phi) is 6.58. The number of hydrogen-bond donors (Lipinski definition) is 0. The third-order valence-corrected chi connectivity index (χ3v) is 5.74. The van der Waals surface area contributed by atoms with Crippen LogP contribution >= 0.6 is 0 Å². The highest BCUT2D eigenvalue weighted by Crippen LogP contribution is 1.96. The molecule has 0 fully saturated rings. The molecule has 0 saturated carbocycles. The molecule has 0 heterocycles. The summed E-state index contributed by atoms with van der Waals surface area (Å²) in [6.45, 7) is 6.81. The summed E-state index contributed by atoms with van der Waals surface area (Å²) >= 11 is 0. The summed E-state index contributed by atoms with van der Waals surface area (Å²) < 4.78 is 4.80. The Morgan fingerprint density at radius 3 is 1.46 bits per heavy atom. The summed E-state index contributed by atoms with van der Waals surface area (Å²) in [6, 6.07) is 0. The van der Waals surface area contributed by atoms with Crippen molar-refractivity contribution >= 4 is 9.12 Å². The van der Waals surface area contributed by atoms with Crippen molar-refractivity contribution in [3.05, 3.63) is 0 Å². The van der Waals surface area contributed by atoms with Crippen molar-refractivity contribution < 1.29 is 0 Å². The molecule has 0 rings (SSSR count). The Balaban J connectivity index is 4.08. The highest BCUT2D eigenvalue weighted by Gasteiger charge is 2.18. The van der Waals surface area contributed by atoms with Gasteiger partial charge in [-0.15, -0.1) is 0 Å². The van der Waals surface area contributed by atoms with E-state index < -0.39 is 9.12 Å². The van der Waals surface area contributed by atoms with E-state index in [9.17, 15) is 0 Å². The van der Waals surface area contributed by atoms with Gasteiger partial charge in [-0.25, -0.2) is 0 Å². The van der Waals surface area contributed by atoms with Gasteiger partial charge in [0, 0.05) is 6.17 Å². The number of rotatable bonds is 6. The molecule has 0 aliphatic carbocycles. The highest BCUT2D eigenvalue weighted by atomic mass is 28.3. The van der Waals surface area contributed by atoms with Crippen LogP contribution in [0.5, 0.6) is 0 Å². The lowest BCUT2D eigenvalue weighted by molar-refractivity contribution is 0.329. The lowest BCUT2D eigenvalue weighted by Crippen LogP contribution is -2.53. The Morgan fingerprint density at radius 2 is 1.23 bits per heavy atom. The first-order valence-corrected chi connectivity index (χ1v) is 6.93. The second-order valence-electron chi connectivity index (χ2n) is 3.89. The van der Waals surface area contributed by atoms with Crippen molar-refractivity contribution in [1.29, 1.82) is 0 Å². The first-order valence-electron chi connectivity index (χ1n) is 5.08. The average molecular weight is 203 g/mol. The predicted molar refractivity (Wildman–Crippen MR) is 62.3 cm³/mol. The van der Waals surface area contributed by atoms with Crippen LogP contribution in [0.3, 0.4) is 0 Å². The molecule has 0 N–H and O–H groups in total. The topological polar surface area (TPSA) is 9.72 Å². The van der Waals surface area contributed by atoms with E-state index in [1.807, 2.05) is 0 Å². The van der Waals surface area contributed by atoms with Crippen LogP contribution in [-0.2, 0) is 0 Å². The lowest BCUT2D eigenvalue weighted by atomic mass is 10.6. The standard InChI is InChI=1S/C9H25N3Si/c1-7-12(8-2)9-13(10(3)4)11(5)6/h13H,7-9H2,1-6H3. The summed E-state index contributed by atoms with van der Waals surface area (Å²) in [5, 5.41) is 0. The highest BCUT2D eigenvalue weighted by molar-refractivity contribution is 6.52. The van der Waals surface area contributed by atoms with E-state index in [1.54, 1.807) is 0 Å². The van der Waals surface area contributed by atoms with Gasteiger partial charge in [-0.2, -0.15) is 0 Å². The minimum Gasteiger partial charge on any atom is -0.319 e. The minimum atomic E-state index is -0.881. The van der Waals surface area contributed by atoms with Gasteiger partial charge in [0.2, 0.25) is 9.12 Å². The van der Waals surface area contributed by atoms with Crippen molar-refractivity contribution in [2.45, 2.75) is 13.8 Å². The molecule has 0 bridgehead atoms. The maximum atomic E-state index is 2.51. The van der Waals surface area contributed by atoms with Crippen LogP contribution in [0.4, 0.5) is 0 Å². The van der Waals surface area contributed by atoms with E-state index in [2.05, 4.69) is 56.1 Å². The van der Waals surface area contributed by atoms with Crippen LogP contribution in [0.15, 0.2) is 0 Å². The zero-order valence-corrected chi connectivity index (χ0v) is 11.2. The van der Waals surface area contributed by atoms with E-state index in [-0.39, 0.29) is 0 Å². The van der Waals surface area contributed by atoms with Gasteiger partial charge in [-0.3, -0.25) is 0 Å². The van der Waals surface area contributed by atoms with Crippen LogP contribution in [0.1, 0.15) is 13.8 Å². The molecule has 0 amide bonds. The Hall–Kier alpha value is 0.0969. The Bertz CT molecular complexity index is 116. The van der Waals surface area contributed by atoms with Gasteiger partial charge >= 0.3 is 0 Å². The second-order valence-corrected chi connectivity index (χ2v) is 7.29. The SMILES string of the molecule is CCN(CC)C[SiH](N(C)C)N(C)C. The van der Waals surface area contributed by atoms with Crippen molar-refractivity contribution in [2.24, 2.45) is 0 Å². The van der Waals surface area contributed by atoms with Crippen molar-refractivity contribution in [1.82, 2.24) is 14.0 Å². The molecular formula is C9H25N3Si. The molecule has 80 valence electrons. The number of hydrogen-bond acceptors (Lipinski definition) is 3. The zero-order chi connectivity index (χ0) is 10.4. The van der Waals surface area contributed by atoms with Crippen LogP contribution in [-0.4, -0.2) is 70.6 Å². The van der Waals surface area contributed by atoms with Gasteiger partial charge in [-0.1, -0.05) is 13.8 Å². The van der Waals surface area contributed by atoms with E-state index in [4.69, 9.17) is 0 Å². The van der Waals surface area contributed by atoms with Gasteiger partial charge in [0.15, 0.2) is 0 Å². The van der Waals surface area contributed by atoms with Gasteiger partial charge < -0.3 is 14.0 Å². The fourth-order valence-corrected chi connectivity index (χ4v) is 4.06. The third kappa shape index (κ3) is 4.76. The van der Waals surface area contributed by atoms with Crippen LogP contribution in [0.25, 0.3) is 0 Å². The van der Waals surface area contributed by atoms with Crippen molar-refractivity contribution in [2.75, 3.05) is 47.4 Å². The lowest BCUT2D eigenvalue weighted by Gasteiger charge is -2.32. The molecule has 0 spiro atoms. The van der Waals surface area contributed by atoms with Crippen molar-refractivity contribution in [3.63, 3.8) is 0 Å². The maximum Gasteiger partial charge on any atom is 0.203 e. The number of nitrogens with zero attached hydrogens (tertiary/aromatic N) is 3. The third-order valence-electron chi connectivity index (χ3n) is 2.51. The zero-order valence-electron chi connectivity index (χ0n) is 10.0. The van der Waals surface area contributed by atoms with E-state index in [0.717, 1.165) is 0 Å². The average Bonchev–Trinajstić information content (AvgIpc) is 2.05. The van der Waals surface area contributed by atoms with E-state index in [1.165, 1.54) is 19.3 Å². The first-order chi connectivity index (χ1) is 6.02. The molecule has 0 aliphatic rings. The summed E-state index contributed by atoms with van der Waals surface area (Å²) in [4.78, 5) is 2.51. The predicted octanol–water partition coefficient (Wildman–Crippen LogP) is 0.211. The van der Waals surface area contributed by atoms with Gasteiger partial charge in [-0.05, 0) is 41.3 Å².